The summed E-state index contributed by atoms with van der Waals surface area (Å²) in [5.41, 5.74) is 0. The molecule has 0 bridgehead atoms. The third-order valence-corrected chi connectivity index (χ3v) is 1.92. The van der Waals surface area contributed by atoms with Gasteiger partial charge in [-0.15, -0.1) is 0 Å². The van der Waals surface area contributed by atoms with E-state index in [1.165, 1.54) is 0 Å². The van der Waals surface area contributed by atoms with Crippen LogP contribution in [0.25, 0.3) is 0 Å². The van der Waals surface area contributed by atoms with Crippen LogP contribution in [0.5, 0.6) is 0 Å². The molecule has 0 aliphatic rings. The van der Waals surface area contributed by atoms with E-state index in [1.807, 2.05) is 14.1 Å². The van der Waals surface area contributed by atoms with Crippen LogP contribution in [0.1, 0.15) is 26.2 Å². The van der Waals surface area contributed by atoms with Gasteiger partial charge in [0.2, 0.25) is 0 Å². The van der Waals surface area contributed by atoms with E-state index in [9.17, 15) is 4.79 Å². The van der Waals surface area contributed by atoms with Crippen molar-refractivity contribution in [1.29, 1.82) is 0 Å². The molecule has 3 nitrogen and oxygen atoms in total. The van der Waals surface area contributed by atoms with Gasteiger partial charge in [0.25, 0.3) is 0 Å². The van der Waals surface area contributed by atoms with Crippen molar-refractivity contribution in [2.24, 2.45) is 5.92 Å². The summed E-state index contributed by atoms with van der Waals surface area (Å²) in [7, 11) is 4.06. The largest absolute Gasteiger partial charge is 0.481 e. The zero-order valence-corrected chi connectivity index (χ0v) is 8.21. The van der Waals surface area contributed by atoms with Crippen LogP contribution in [0.2, 0.25) is 0 Å². The van der Waals surface area contributed by atoms with E-state index in [4.69, 9.17) is 5.11 Å². The van der Waals surface area contributed by atoms with Gasteiger partial charge in [0, 0.05) is 6.42 Å². The van der Waals surface area contributed by atoms with Crippen molar-refractivity contribution in [1.82, 2.24) is 4.90 Å². The first kappa shape index (κ1) is 11.4. The summed E-state index contributed by atoms with van der Waals surface area (Å²) in [6.07, 6.45) is 2.18. The van der Waals surface area contributed by atoms with E-state index in [1.54, 1.807) is 0 Å². The molecule has 0 aliphatic carbocycles. The summed E-state index contributed by atoms with van der Waals surface area (Å²) >= 11 is 0. The summed E-state index contributed by atoms with van der Waals surface area (Å²) in [5.74, 6) is -0.171. The van der Waals surface area contributed by atoms with Gasteiger partial charge in [-0.25, -0.2) is 0 Å². The second-order valence-electron chi connectivity index (χ2n) is 3.63. The fourth-order valence-corrected chi connectivity index (χ4v) is 0.993. The smallest absolute Gasteiger partial charge is 0.303 e. The Morgan fingerprint density at radius 2 is 2.00 bits per heavy atom. The van der Waals surface area contributed by atoms with Gasteiger partial charge >= 0.3 is 5.97 Å². The fourth-order valence-electron chi connectivity index (χ4n) is 0.993. The van der Waals surface area contributed by atoms with E-state index in [0.717, 1.165) is 19.4 Å². The zero-order chi connectivity index (χ0) is 9.56. The first-order chi connectivity index (χ1) is 5.52. The molecule has 0 aromatic rings. The molecule has 0 aliphatic heterocycles. The van der Waals surface area contributed by atoms with Gasteiger partial charge in [-0.3, -0.25) is 4.79 Å². The third-order valence-electron chi connectivity index (χ3n) is 1.92. The lowest BCUT2D eigenvalue weighted by Gasteiger charge is -2.13. The molecule has 0 aromatic carbocycles. The van der Waals surface area contributed by atoms with Crippen molar-refractivity contribution < 1.29 is 9.90 Å². The first-order valence-electron chi connectivity index (χ1n) is 4.39. The number of rotatable bonds is 6. The molecule has 0 fully saturated rings. The second-order valence-corrected chi connectivity index (χ2v) is 3.63. The van der Waals surface area contributed by atoms with E-state index in [0.29, 0.717) is 12.3 Å². The molecule has 0 rings (SSSR count). The van der Waals surface area contributed by atoms with Gasteiger partial charge in [-0.05, 0) is 39.4 Å². The predicted molar refractivity (Wildman–Crippen MR) is 49.2 cm³/mol. The Bertz CT molecular complexity index is 134. The van der Waals surface area contributed by atoms with Crippen molar-refractivity contribution >= 4 is 5.97 Å². The highest BCUT2D eigenvalue weighted by molar-refractivity contribution is 5.66. The predicted octanol–water partition coefficient (Wildman–Crippen LogP) is 1.44. The average molecular weight is 173 g/mol. The monoisotopic (exact) mass is 173 g/mol. The van der Waals surface area contributed by atoms with Gasteiger partial charge in [-0.2, -0.15) is 0 Å². The maximum absolute atomic E-state index is 10.2. The van der Waals surface area contributed by atoms with Crippen LogP contribution in [0.15, 0.2) is 0 Å². The van der Waals surface area contributed by atoms with Crippen LogP contribution >= 0.6 is 0 Å². The van der Waals surface area contributed by atoms with Crippen molar-refractivity contribution in [3.05, 3.63) is 0 Å². The molecule has 0 heterocycles. The number of hydrogen-bond acceptors (Lipinski definition) is 2. The standard InChI is InChI=1S/C9H19NO2/c1-8(4-5-9(11)12)6-7-10(2)3/h8H,4-7H2,1-3H3,(H,11,12). The van der Waals surface area contributed by atoms with Crippen LogP contribution in [0.4, 0.5) is 0 Å². The molecule has 72 valence electrons. The second kappa shape index (κ2) is 6.00. The Labute approximate surface area is 74.4 Å². The van der Waals surface area contributed by atoms with Crippen LogP contribution in [0.3, 0.4) is 0 Å². The lowest BCUT2D eigenvalue weighted by molar-refractivity contribution is -0.137. The molecule has 0 saturated heterocycles. The normalized spacial score (nSPS) is 13.3. The number of nitrogens with zero attached hydrogens (tertiary/aromatic N) is 1. The quantitative estimate of drug-likeness (QED) is 0.660. The highest BCUT2D eigenvalue weighted by atomic mass is 16.4. The minimum atomic E-state index is -0.688. The highest BCUT2D eigenvalue weighted by Gasteiger charge is 2.05. The van der Waals surface area contributed by atoms with Gasteiger partial charge in [0.05, 0.1) is 0 Å². The molecule has 0 saturated carbocycles. The SMILES string of the molecule is CC(CCC(=O)O)CCN(C)C. The number of carboxylic acid groups (broad SMARTS) is 1. The van der Waals surface area contributed by atoms with E-state index < -0.39 is 5.97 Å². The van der Waals surface area contributed by atoms with Crippen molar-refractivity contribution in [2.45, 2.75) is 26.2 Å². The van der Waals surface area contributed by atoms with Crippen LogP contribution in [0, 0.1) is 5.92 Å². The Hall–Kier alpha value is -0.570. The summed E-state index contributed by atoms with van der Waals surface area (Å²) in [6, 6.07) is 0. The lowest BCUT2D eigenvalue weighted by Crippen LogP contribution is -2.16. The van der Waals surface area contributed by atoms with Crippen molar-refractivity contribution in [2.75, 3.05) is 20.6 Å². The lowest BCUT2D eigenvalue weighted by atomic mass is 10.0. The Balaban J connectivity index is 3.33. The third kappa shape index (κ3) is 7.54. The van der Waals surface area contributed by atoms with Crippen molar-refractivity contribution in [3.63, 3.8) is 0 Å². The molecular formula is C9H19NO2. The van der Waals surface area contributed by atoms with E-state index in [-0.39, 0.29) is 0 Å². The molecule has 1 atom stereocenters. The minimum Gasteiger partial charge on any atom is -0.481 e. The van der Waals surface area contributed by atoms with Gasteiger partial charge < -0.3 is 10.0 Å². The van der Waals surface area contributed by atoms with Gasteiger partial charge in [0.1, 0.15) is 0 Å². The summed E-state index contributed by atoms with van der Waals surface area (Å²) < 4.78 is 0. The average Bonchev–Trinajstić information content (AvgIpc) is 1.96. The van der Waals surface area contributed by atoms with Crippen LogP contribution in [-0.2, 0) is 4.79 Å². The highest BCUT2D eigenvalue weighted by Crippen LogP contribution is 2.09. The van der Waals surface area contributed by atoms with E-state index >= 15 is 0 Å². The summed E-state index contributed by atoms with van der Waals surface area (Å²) in [4.78, 5) is 12.4. The van der Waals surface area contributed by atoms with Crippen LogP contribution < -0.4 is 0 Å². The zero-order valence-electron chi connectivity index (χ0n) is 8.21. The topological polar surface area (TPSA) is 40.5 Å². The Morgan fingerprint density at radius 1 is 1.42 bits per heavy atom. The van der Waals surface area contributed by atoms with Gasteiger partial charge in [0.15, 0.2) is 0 Å². The summed E-state index contributed by atoms with van der Waals surface area (Å²) in [5, 5.41) is 8.43. The molecule has 1 unspecified atom stereocenters. The minimum absolute atomic E-state index is 0.300. The molecule has 12 heavy (non-hydrogen) atoms. The molecule has 0 spiro atoms. The molecule has 0 aromatic heterocycles. The molecular weight excluding hydrogens is 154 g/mol. The summed E-state index contributed by atoms with van der Waals surface area (Å²) in [6.45, 7) is 3.15. The molecule has 1 N–H and O–H groups in total. The number of carbonyl (C=O) groups is 1. The number of hydrogen-bond donors (Lipinski definition) is 1. The number of aliphatic carboxylic acids is 1. The molecule has 0 amide bonds. The molecule has 3 heteroatoms. The number of carboxylic acids is 1. The first-order valence-corrected chi connectivity index (χ1v) is 4.39. The fraction of sp³-hybridized carbons (Fsp3) is 0.889. The Kier molecular flexibility index (Phi) is 5.72. The maximum Gasteiger partial charge on any atom is 0.303 e. The van der Waals surface area contributed by atoms with Crippen LogP contribution in [-0.4, -0.2) is 36.6 Å². The Morgan fingerprint density at radius 3 is 2.42 bits per heavy atom. The van der Waals surface area contributed by atoms with E-state index in [2.05, 4.69) is 11.8 Å². The van der Waals surface area contributed by atoms with Crippen molar-refractivity contribution in [3.8, 4) is 0 Å². The molecule has 0 radical (unpaired) electrons. The maximum atomic E-state index is 10.2. The van der Waals surface area contributed by atoms with Gasteiger partial charge in [-0.1, -0.05) is 6.92 Å².